The minimum Gasteiger partial charge on any atom is -0.258 e. The summed E-state index contributed by atoms with van der Waals surface area (Å²) >= 11 is 0. The topological polar surface area (TPSA) is 56.0 Å². The van der Waals surface area contributed by atoms with Crippen molar-refractivity contribution >= 4 is 48.9 Å². The molecule has 0 amide bonds. The molecular weight excluding hydrogens is 312 g/mol. The highest BCUT2D eigenvalue weighted by Crippen LogP contribution is 2.35. The van der Waals surface area contributed by atoms with E-state index < -0.39 is 0 Å². The third kappa shape index (κ3) is 1.97. The minimum atomic E-state index is -0.357. The fraction of sp³-hybridized carbons (Fsp3) is 0. The van der Waals surface area contributed by atoms with E-state index in [2.05, 4.69) is 35.3 Å². The van der Waals surface area contributed by atoms with Gasteiger partial charge in [0.05, 0.1) is 15.8 Å². The van der Waals surface area contributed by atoms with Gasteiger partial charge in [0.2, 0.25) is 0 Å². The third-order valence-electron chi connectivity index (χ3n) is 4.76. The van der Waals surface area contributed by atoms with Crippen LogP contribution in [0, 0.1) is 10.1 Å². The second-order valence-corrected chi connectivity index (χ2v) is 6.13. The summed E-state index contributed by atoms with van der Waals surface area (Å²) in [5.74, 6) is 0. The van der Waals surface area contributed by atoms with E-state index in [0.717, 1.165) is 21.5 Å². The Morgan fingerprint density at radius 3 is 2.24 bits per heavy atom. The maximum Gasteiger partial charge on any atom is 0.280 e. The van der Waals surface area contributed by atoms with E-state index in [1.807, 2.05) is 24.3 Å². The number of rotatable bonds is 1. The molecule has 0 aliphatic rings. The van der Waals surface area contributed by atoms with Gasteiger partial charge in [0.1, 0.15) is 0 Å². The van der Waals surface area contributed by atoms with Crippen LogP contribution in [0.3, 0.4) is 0 Å². The lowest BCUT2D eigenvalue weighted by Gasteiger charge is -2.08. The summed E-state index contributed by atoms with van der Waals surface area (Å²) in [5.41, 5.74) is 0.757. The maximum absolute atomic E-state index is 11.3. The molecule has 1 aromatic heterocycles. The van der Waals surface area contributed by atoms with Crippen LogP contribution in [0.2, 0.25) is 0 Å². The fourth-order valence-electron chi connectivity index (χ4n) is 3.59. The number of benzene rings is 4. The van der Waals surface area contributed by atoms with E-state index in [1.54, 1.807) is 6.07 Å². The molecule has 118 valence electrons. The van der Waals surface area contributed by atoms with E-state index in [4.69, 9.17) is 0 Å². The van der Waals surface area contributed by atoms with E-state index >= 15 is 0 Å². The highest BCUT2D eigenvalue weighted by molar-refractivity contribution is 6.19. The number of pyridine rings is 1. The maximum atomic E-state index is 11.3. The van der Waals surface area contributed by atoms with Gasteiger partial charge in [0.25, 0.3) is 5.69 Å². The average molecular weight is 324 g/mol. The van der Waals surface area contributed by atoms with Gasteiger partial charge in [-0.2, -0.15) is 0 Å². The highest BCUT2D eigenvalue weighted by Gasteiger charge is 2.14. The SMILES string of the molecule is O=[N+]([O-])c1ccnc2c1ccc1c3cc4ccccc4cc3ccc12. The zero-order chi connectivity index (χ0) is 17.0. The van der Waals surface area contributed by atoms with Crippen molar-refractivity contribution in [2.75, 3.05) is 0 Å². The Morgan fingerprint density at radius 2 is 1.44 bits per heavy atom. The molecule has 0 aliphatic carbocycles. The molecular formula is C21H12N2O2. The number of fused-ring (bicyclic) bond motifs is 6. The number of nitro groups is 1. The molecule has 0 fully saturated rings. The quantitative estimate of drug-likeness (QED) is 0.174. The van der Waals surface area contributed by atoms with E-state index in [1.165, 1.54) is 23.0 Å². The molecule has 0 bridgehead atoms. The van der Waals surface area contributed by atoms with Crippen molar-refractivity contribution in [2.24, 2.45) is 0 Å². The molecule has 25 heavy (non-hydrogen) atoms. The fourth-order valence-corrected chi connectivity index (χ4v) is 3.59. The molecule has 0 saturated heterocycles. The average Bonchev–Trinajstić information content (AvgIpc) is 2.65. The summed E-state index contributed by atoms with van der Waals surface area (Å²) in [5, 5.41) is 18.5. The van der Waals surface area contributed by atoms with Crippen LogP contribution in [0.15, 0.2) is 72.9 Å². The second kappa shape index (κ2) is 4.98. The number of aromatic nitrogens is 1. The largest absolute Gasteiger partial charge is 0.280 e. The second-order valence-electron chi connectivity index (χ2n) is 6.13. The summed E-state index contributed by atoms with van der Waals surface area (Å²) in [6, 6.07) is 21.9. The van der Waals surface area contributed by atoms with Crippen LogP contribution in [0.4, 0.5) is 5.69 Å². The van der Waals surface area contributed by atoms with E-state index in [0.29, 0.717) is 10.9 Å². The van der Waals surface area contributed by atoms with Crippen molar-refractivity contribution < 1.29 is 4.92 Å². The Balaban J connectivity index is 1.96. The molecule has 1 heterocycles. The summed E-state index contributed by atoms with van der Waals surface area (Å²) in [4.78, 5) is 15.3. The van der Waals surface area contributed by atoms with Gasteiger partial charge in [-0.25, -0.2) is 0 Å². The van der Waals surface area contributed by atoms with Crippen LogP contribution in [0.25, 0.3) is 43.2 Å². The molecule has 0 atom stereocenters. The predicted molar refractivity (Wildman–Crippen MR) is 101 cm³/mol. The lowest BCUT2D eigenvalue weighted by atomic mass is 9.96. The molecule has 5 rings (SSSR count). The normalized spacial score (nSPS) is 11.5. The van der Waals surface area contributed by atoms with Crippen LogP contribution in [-0.2, 0) is 0 Å². The van der Waals surface area contributed by atoms with Crippen molar-refractivity contribution in [3.8, 4) is 0 Å². The zero-order valence-electron chi connectivity index (χ0n) is 13.1. The lowest BCUT2D eigenvalue weighted by molar-refractivity contribution is -0.383. The first-order chi connectivity index (χ1) is 12.2. The molecule has 4 aromatic carbocycles. The van der Waals surface area contributed by atoms with Crippen molar-refractivity contribution in [2.45, 2.75) is 0 Å². The van der Waals surface area contributed by atoms with E-state index in [-0.39, 0.29) is 10.6 Å². The minimum absolute atomic E-state index is 0.0884. The molecule has 0 spiro atoms. The molecule has 4 heteroatoms. The Kier molecular flexibility index (Phi) is 2.76. The summed E-state index contributed by atoms with van der Waals surface area (Å²) in [6.45, 7) is 0. The van der Waals surface area contributed by atoms with Gasteiger partial charge in [-0.3, -0.25) is 15.1 Å². The Bertz CT molecular complexity index is 1330. The van der Waals surface area contributed by atoms with Gasteiger partial charge in [-0.05, 0) is 45.1 Å². The monoisotopic (exact) mass is 324 g/mol. The molecule has 0 unspecified atom stereocenters. The first-order valence-corrected chi connectivity index (χ1v) is 8.00. The van der Waals surface area contributed by atoms with Crippen molar-refractivity contribution in [3.63, 3.8) is 0 Å². The molecule has 5 aromatic rings. The van der Waals surface area contributed by atoms with Crippen LogP contribution in [0.1, 0.15) is 0 Å². The number of nitrogens with zero attached hydrogens (tertiary/aromatic N) is 2. The smallest absolute Gasteiger partial charge is 0.258 e. The molecule has 0 saturated carbocycles. The third-order valence-corrected chi connectivity index (χ3v) is 4.76. The Morgan fingerprint density at radius 1 is 0.720 bits per heavy atom. The number of hydrogen-bond donors (Lipinski definition) is 0. The molecule has 0 aliphatic heterocycles. The van der Waals surface area contributed by atoms with Crippen molar-refractivity contribution in [1.82, 2.24) is 4.98 Å². The summed E-state index contributed by atoms with van der Waals surface area (Å²) < 4.78 is 0. The Hall–Kier alpha value is -3.53. The van der Waals surface area contributed by atoms with Gasteiger partial charge in [-0.15, -0.1) is 0 Å². The number of hydrogen-bond acceptors (Lipinski definition) is 3. The van der Waals surface area contributed by atoms with Gasteiger partial charge in [0, 0.05) is 17.6 Å². The van der Waals surface area contributed by atoms with E-state index in [9.17, 15) is 10.1 Å². The summed E-state index contributed by atoms with van der Waals surface area (Å²) in [7, 11) is 0. The van der Waals surface area contributed by atoms with Crippen LogP contribution in [0.5, 0.6) is 0 Å². The predicted octanol–water partition coefficient (Wildman–Crippen LogP) is 5.60. The van der Waals surface area contributed by atoms with Gasteiger partial charge in [-0.1, -0.05) is 42.5 Å². The van der Waals surface area contributed by atoms with Gasteiger partial charge < -0.3 is 0 Å². The Labute approximate surface area is 142 Å². The van der Waals surface area contributed by atoms with Gasteiger partial charge in [0.15, 0.2) is 0 Å². The van der Waals surface area contributed by atoms with Crippen molar-refractivity contribution in [3.05, 3.63) is 83.0 Å². The summed E-state index contributed by atoms with van der Waals surface area (Å²) in [6.07, 6.45) is 1.50. The first kappa shape index (κ1) is 13.9. The molecule has 0 N–H and O–H groups in total. The molecule has 4 nitrogen and oxygen atoms in total. The standard InChI is InChI=1S/C21H12N2O2/c24-23(25)20-9-10-22-21-17-6-5-15-11-13-3-1-2-4-14(13)12-19(15)16(17)7-8-18(20)21/h1-12H. The highest BCUT2D eigenvalue weighted by atomic mass is 16.6. The molecule has 0 radical (unpaired) electrons. The van der Waals surface area contributed by atoms with Crippen LogP contribution in [-0.4, -0.2) is 9.91 Å². The van der Waals surface area contributed by atoms with Gasteiger partial charge >= 0.3 is 0 Å². The lowest BCUT2D eigenvalue weighted by Crippen LogP contribution is -1.91. The zero-order valence-corrected chi connectivity index (χ0v) is 13.1. The van der Waals surface area contributed by atoms with Crippen molar-refractivity contribution in [1.29, 1.82) is 0 Å². The first-order valence-electron chi connectivity index (χ1n) is 8.00. The van der Waals surface area contributed by atoms with Crippen LogP contribution >= 0.6 is 0 Å². The van der Waals surface area contributed by atoms with Crippen LogP contribution < -0.4 is 0 Å².